The molecule has 0 saturated heterocycles. The zero-order chi connectivity index (χ0) is 17.1. The van der Waals surface area contributed by atoms with E-state index in [2.05, 4.69) is 21.2 Å². The molecule has 0 saturated carbocycles. The summed E-state index contributed by atoms with van der Waals surface area (Å²) in [6, 6.07) is 13.8. The second-order valence-electron chi connectivity index (χ2n) is 5.27. The Hall–Kier alpha value is -2.60. The highest BCUT2D eigenvalue weighted by molar-refractivity contribution is 9.10. The van der Waals surface area contributed by atoms with Crippen molar-refractivity contribution in [2.45, 2.75) is 6.92 Å². The third kappa shape index (κ3) is 3.83. The third-order valence-electron chi connectivity index (χ3n) is 3.36. The quantitative estimate of drug-likeness (QED) is 0.689. The molecule has 0 unspecified atom stereocenters. The number of benzene rings is 2. The number of carbonyl (C=O) groups excluding carboxylic acids is 1. The minimum atomic E-state index is -0.429. The SMILES string of the molecule is Cc1ccc(NC(=O)COc2ccc3ccc(=O)oc3c2)c(Br)c1. The molecule has 0 aliphatic carbocycles. The van der Waals surface area contributed by atoms with E-state index in [1.165, 1.54) is 6.07 Å². The first kappa shape index (κ1) is 16.3. The van der Waals surface area contributed by atoms with E-state index < -0.39 is 5.63 Å². The fourth-order valence-corrected chi connectivity index (χ4v) is 2.78. The molecule has 6 heteroatoms. The lowest BCUT2D eigenvalue weighted by Crippen LogP contribution is -2.20. The molecule has 122 valence electrons. The molecule has 0 bridgehead atoms. The fourth-order valence-electron chi connectivity index (χ4n) is 2.19. The van der Waals surface area contributed by atoms with Gasteiger partial charge >= 0.3 is 5.63 Å². The van der Waals surface area contributed by atoms with Crippen molar-refractivity contribution in [2.75, 3.05) is 11.9 Å². The number of hydrogen-bond donors (Lipinski definition) is 1. The van der Waals surface area contributed by atoms with Gasteiger partial charge in [0.2, 0.25) is 0 Å². The van der Waals surface area contributed by atoms with Crippen molar-refractivity contribution in [3.63, 3.8) is 0 Å². The van der Waals surface area contributed by atoms with E-state index in [0.717, 1.165) is 15.4 Å². The molecule has 0 aliphatic heterocycles. The standard InChI is InChI=1S/C18H14BrNO4/c1-11-2-6-15(14(19)8-11)20-17(21)10-23-13-5-3-12-4-7-18(22)24-16(12)9-13/h2-9H,10H2,1H3,(H,20,21). The third-order valence-corrected chi connectivity index (χ3v) is 4.02. The van der Waals surface area contributed by atoms with Gasteiger partial charge in [-0.15, -0.1) is 0 Å². The Bertz CT molecular complexity index is 965. The maximum Gasteiger partial charge on any atom is 0.336 e. The summed E-state index contributed by atoms with van der Waals surface area (Å²) in [6.45, 7) is 1.82. The van der Waals surface area contributed by atoms with Crippen LogP contribution in [0.3, 0.4) is 0 Å². The van der Waals surface area contributed by atoms with Gasteiger partial charge in [0.25, 0.3) is 5.91 Å². The van der Waals surface area contributed by atoms with Gasteiger partial charge in [-0.05, 0) is 58.7 Å². The van der Waals surface area contributed by atoms with Gasteiger partial charge < -0.3 is 14.5 Å². The van der Waals surface area contributed by atoms with Crippen LogP contribution in [0.4, 0.5) is 5.69 Å². The summed E-state index contributed by atoms with van der Waals surface area (Å²) in [7, 11) is 0. The van der Waals surface area contributed by atoms with Crippen LogP contribution < -0.4 is 15.7 Å². The van der Waals surface area contributed by atoms with Gasteiger partial charge in [0.05, 0.1) is 5.69 Å². The van der Waals surface area contributed by atoms with Crippen LogP contribution in [-0.2, 0) is 4.79 Å². The molecule has 0 spiro atoms. The molecule has 3 aromatic rings. The molecular formula is C18H14BrNO4. The molecule has 0 atom stereocenters. The molecular weight excluding hydrogens is 374 g/mol. The van der Waals surface area contributed by atoms with Crippen LogP contribution >= 0.6 is 15.9 Å². The van der Waals surface area contributed by atoms with E-state index in [1.807, 2.05) is 25.1 Å². The molecule has 2 aromatic carbocycles. The summed E-state index contributed by atoms with van der Waals surface area (Å²) in [5, 5.41) is 3.56. The largest absolute Gasteiger partial charge is 0.484 e. The van der Waals surface area contributed by atoms with Crippen LogP contribution in [0.1, 0.15) is 5.56 Å². The molecule has 0 fully saturated rings. The van der Waals surface area contributed by atoms with Crippen LogP contribution in [0.2, 0.25) is 0 Å². The second kappa shape index (κ2) is 6.88. The van der Waals surface area contributed by atoms with E-state index in [0.29, 0.717) is 17.0 Å². The molecule has 1 N–H and O–H groups in total. The minimum Gasteiger partial charge on any atom is -0.484 e. The van der Waals surface area contributed by atoms with Crippen LogP contribution in [0, 0.1) is 6.92 Å². The molecule has 1 aromatic heterocycles. The highest BCUT2D eigenvalue weighted by Gasteiger charge is 2.07. The monoisotopic (exact) mass is 387 g/mol. The summed E-state index contributed by atoms with van der Waals surface area (Å²) in [5.74, 6) is 0.170. The first-order valence-corrected chi connectivity index (χ1v) is 8.03. The Morgan fingerprint density at radius 3 is 2.75 bits per heavy atom. The van der Waals surface area contributed by atoms with Gasteiger partial charge in [0, 0.05) is 22.0 Å². The Balaban J connectivity index is 1.66. The number of anilines is 1. The molecule has 0 radical (unpaired) electrons. The number of hydrogen-bond acceptors (Lipinski definition) is 4. The number of rotatable bonds is 4. The predicted molar refractivity (Wildman–Crippen MR) is 95.5 cm³/mol. The van der Waals surface area contributed by atoms with Crippen molar-refractivity contribution in [1.29, 1.82) is 0 Å². The first-order valence-electron chi connectivity index (χ1n) is 7.24. The normalized spacial score (nSPS) is 10.6. The summed E-state index contributed by atoms with van der Waals surface area (Å²) in [6.07, 6.45) is 0. The van der Waals surface area contributed by atoms with Crippen molar-refractivity contribution >= 4 is 38.5 Å². The van der Waals surface area contributed by atoms with E-state index in [4.69, 9.17) is 9.15 Å². The van der Waals surface area contributed by atoms with Gasteiger partial charge in [0.1, 0.15) is 11.3 Å². The van der Waals surface area contributed by atoms with E-state index in [1.54, 1.807) is 24.3 Å². The summed E-state index contributed by atoms with van der Waals surface area (Å²) >= 11 is 3.41. The summed E-state index contributed by atoms with van der Waals surface area (Å²) in [4.78, 5) is 23.3. The maximum absolute atomic E-state index is 12.0. The Morgan fingerprint density at radius 2 is 1.96 bits per heavy atom. The Morgan fingerprint density at radius 1 is 1.17 bits per heavy atom. The smallest absolute Gasteiger partial charge is 0.336 e. The number of carbonyl (C=O) groups is 1. The maximum atomic E-state index is 12.0. The van der Waals surface area contributed by atoms with Gasteiger partial charge in [-0.25, -0.2) is 4.79 Å². The number of ether oxygens (including phenoxy) is 1. The van der Waals surface area contributed by atoms with Crippen molar-refractivity contribution in [3.05, 3.63) is 69.0 Å². The van der Waals surface area contributed by atoms with E-state index >= 15 is 0 Å². The average Bonchev–Trinajstić information content (AvgIpc) is 2.55. The zero-order valence-corrected chi connectivity index (χ0v) is 14.4. The molecule has 0 aliphatic rings. The van der Waals surface area contributed by atoms with Crippen LogP contribution in [0.15, 0.2) is 62.2 Å². The number of halogens is 1. The van der Waals surface area contributed by atoms with Crippen LogP contribution in [-0.4, -0.2) is 12.5 Å². The predicted octanol–water partition coefficient (Wildman–Crippen LogP) is 3.88. The molecule has 5 nitrogen and oxygen atoms in total. The Labute approximate surface area is 146 Å². The molecule has 1 amide bonds. The van der Waals surface area contributed by atoms with Gasteiger partial charge in [-0.1, -0.05) is 6.07 Å². The van der Waals surface area contributed by atoms with Gasteiger partial charge in [-0.3, -0.25) is 4.79 Å². The highest BCUT2D eigenvalue weighted by atomic mass is 79.9. The lowest BCUT2D eigenvalue weighted by Gasteiger charge is -2.09. The average molecular weight is 388 g/mol. The van der Waals surface area contributed by atoms with Crippen molar-refractivity contribution < 1.29 is 13.9 Å². The lowest BCUT2D eigenvalue weighted by molar-refractivity contribution is -0.118. The minimum absolute atomic E-state index is 0.150. The Kier molecular flexibility index (Phi) is 4.66. The number of amides is 1. The number of nitrogens with one attached hydrogen (secondary N) is 1. The number of aryl methyl sites for hydroxylation is 1. The van der Waals surface area contributed by atoms with Gasteiger partial charge in [0.15, 0.2) is 6.61 Å². The van der Waals surface area contributed by atoms with Crippen LogP contribution in [0.5, 0.6) is 5.75 Å². The summed E-state index contributed by atoms with van der Waals surface area (Å²) < 4.78 is 11.4. The lowest BCUT2D eigenvalue weighted by atomic mass is 10.2. The fraction of sp³-hybridized carbons (Fsp3) is 0.111. The van der Waals surface area contributed by atoms with Gasteiger partial charge in [-0.2, -0.15) is 0 Å². The topological polar surface area (TPSA) is 68.5 Å². The number of fused-ring (bicyclic) bond motifs is 1. The van der Waals surface area contributed by atoms with Crippen molar-refractivity contribution in [3.8, 4) is 5.75 Å². The van der Waals surface area contributed by atoms with Crippen molar-refractivity contribution in [2.24, 2.45) is 0 Å². The molecule has 1 heterocycles. The van der Waals surface area contributed by atoms with Crippen LogP contribution in [0.25, 0.3) is 11.0 Å². The molecule has 3 rings (SSSR count). The molecule has 24 heavy (non-hydrogen) atoms. The van der Waals surface area contributed by atoms with E-state index in [-0.39, 0.29) is 12.5 Å². The first-order chi connectivity index (χ1) is 11.5. The van der Waals surface area contributed by atoms with E-state index in [9.17, 15) is 9.59 Å². The summed E-state index contributed by atoms with van der Waals surface area (Å²) in [5.41, 5.74) is 1.76. The highest BCUT2D eigenvalue weighted by Crippen LogP contribution is 2.23. The second-order valence-corrected chi connectivity index (χ2v) is 6.13. The zero-order valence-electron chi connectivity index (χ0n) is 12.8. The van der Waals surface area contributed by atoms with Crippen molar-refractivity contribution in [1.82, 2.24) is 0 Å².